The predicted octanol–water partition coefficient (Wildman–Crippen LogP) is 3.25. The van der Waals surface area contributed by atoms with Gasteiger partial charge in [-0.2, -0.15) is 5.10 Å². The number of anilines is 1. The van der Waals surface area contributed by atoms with Crippen molar-refractivity contribution >= 4 is 17.6 Å². The minimum atomic E-state index is -0.592. The lowest BCUT2D eigenvalue weighted by Crippen LogP contribution is -2.16. The second-order valence-electron chi connectivity index (χ2n) is 6.20. The number of furan rings is 1. The Morgan fingerprint density at radius 2 is 1.93 bits per heavy atom. The molecule has 1 aromatic carbocycles. The molecule has 1 amide bonds. The number of nitrogens with one attached hydrogen (secondary N) is 1. The lowest BCUT2D eigenvalue weighted by Gasteiger charge is -2.07. The molecule has 0 aliphatic carbocycles. The highest BCUT2D eigenvalue weighted by Crippen LogP contribution is 2.22. The molecule has 0 fully saturated rings. The maximum Gasteiger partial charge on any atom is 0.358 e. The molecule has 0 atom stereocenters. The summed E-state index contributed by atoms with van der Waals surface area (Å²) in [5.74, 6) is 0.263. The first-order chi connectivity index (χ1) is 13.4. The van der Waals surface area contributed by atoms with Gasteiger partial charge in [-0.25, -0.2) is 4.79 Å². The zero-order valence-corrected chi connectivity index (χ0v) is 16.1. The number of aryl methyl sites for hydroxylation is 3. The van der Waals surface area contributed by atoms with Gasteiger partial charge in [0.15, 0.2) is 11.5 Å². The molecule has 0 bridgehead atoms. The van der Waals surface area contributed by atoms with Crippen LogP contribution in [0.3, 0.4) is 0 Å². The van der Waals surface area contributed by atoms with Crippen molar-refractivity contribution in [3.05, 3.63) is 64.9 Å². The van der Waals surface area contributed by atoms with Gasteiger partial charge in [0.2, 0.25) is 0 Å². The number of para-hydroxylation sites is 1. The Balaban J connectivity index is 1.71. The highest BCUT2D eigenvalue weighted by Gasteiger charge is 2.23. The average molecular weight is 383 g/mol. The van der Waals surface area contributed by atoms with Crippen LogP contribution in [0.1, 0.15) is 38.1 Å². The van der Waals surface area contributed by atoms with Crippen molar-refractivity contribution in [2.75, 3.05) is 12.4 Å². The van der Waals surface area contributed by atoms with E-state index in [1.54, 1.807) is 26.1 Å². The third-order valence-corrected chi connectivity index (χ3v) is 4.19. The number of carbonyl (C=O) groups is 2. The Kier molecular flexibility index (Phi) is 5.49. The fraction of sp³-hybridized carbons (Fsp3) is 0.250. The van der Waals surface area contributed by atoms with Gasteiger partial charge < -0.3 is 19.2 Å². The minimum absolute atomic E-state index is 0.0995. The molecule has 1 N–H and O–H groups in total. The quantitative estimate of drug-likeness (QED) is 0.657. The maximum absolute atomic E-state index is 12.5. The molecule has 3 rings (SSSR count). The number of aromatic nitrogens is 2. The van der Waals surface area contributed by atoms with E-state index in [1.165, 1.54) is 11.8 Å². The van der Waals surface area contributed by atoms with Gasteiger partial charge in [-0.05, 0) is 37.6 Å². The normalized spacial score (nSPS) is 10.6. The summed E-state index contributed by atoms with van der Waals surface area (Å²) in [6, 6.07) is 10.9. The first-order valence-corrected chi connectivity index (χ1v) is 8.61. The highest BCUT2D eigenvalue weighted by molar-refractivity contribution is 6.06. The van der Waals surface area contributed by atoms with E-state index < -0.39 is 11.9 Å². The summed E-state index contributed by atoms with van der Waals surface area (Å²) in [4.78, 5) is 24.5. The van der Waals surface area contributed by atoms with Crippen LogP contribution in [0.2, 0.25) is 0 Å². The molecular weight excluding hydrogens is 362 g/mol. The molecule has 3 aromatic rings. The number of esters is 1. The molecule has 146 valence electrons. The number of hydrogen-bond acceptors (Lipinski definition) is 6. The molecule has 0 saturated carbocycles. The van der Waals surface area contributed by atoms with Gasteiger partial charge in [0, 0.05) is 7.05 Å². The Bertz CT molecular complexity index is 1020. The van der Waals surface area contributed by atoms with E-state index in [1.807, 2.05) is 31.2 Å². The third-order valence-electron chi connectivity index (χ3n) is 4.19. The van der Waals surface area contributed by atoms with E-state index in [0.717, 1.165) is 11.3 Å². The van der Waals surface area contributed by atoms with Crippen LogP contribution in [0.25, 0.3) is 0 Å². The van der Waals surface area contributed by atoms with Crippen LogP contribution in [0.15, 0.2) is 40.8 Å². The standard InChI is InChI=1S/C20H21N3O5/c1-12-7-5-6-8-15(12)27-11-14-9-10-16(28-14)19(24)21-17-13(2)22-23(3)18(17)20(25)26-4/h5-10H,11H2,1-4H3,(H,21,24). The second-order valence-corrected chi connectivity index (χ2v) is 6.20. The second kappa shape index (κ2) is 7.99. The lowest BCUT2D eigenvalue weighted by atomic mass is 10.2. The fourth-order valence-corrected chi connectivity index (χ4v) is 2.76. The number of ether oxygens (including phenoxy) is 2. The van der Waals surface area contributed by atoms with E-state index in [2.05, 4.69) is 10.4 Å². The molecule has 0 spiro atoms. The van der Waals surface area contributed by atoms with Crippen LogP contribution in [0.5, 0.6) is 5.75 Å². The number of benzene rings is 1. The van der Waals surface area contributed by atoms with E-state index in [9.17, 15) is 9.59 Å². The molecule has 8 nitrogen and oxygen atoms in total. The van der Waals surface area contributed by atoms with Crippen LogP contribution in [0.4, 0.5) is 5.69 Å². The van der Waals surface area contributed by atoms with Crippen molar-refractivity contribution in [1.29, 1.82) is 0 Å². The number of hydrogen-bond donors (Lipinski definition) is 1. The molecule has 0 saturated heterocycles. The average Bonchev–Trinajstić information content (AvgIpc) is 3.25. The minimum Gasteiger partial charge on any atom is -0.485 e. The summed E-state index contributed by atoms with van der Waals surface area (Å²) in [5.41, 5.74) is 1.94. The molecule has 0 radical (unpaired) electrons. The number of carbonyl (C=O) groups excluding carboxylic acids is 2. The molecule has 2 heterocycles. The Labute approximate surface area is 162 Å². The topological polar surface area (TPSA) is 95.6 Å². The van der Waals surface area contributed by atoms with Crippen LogP contribution < -0.4 is 10.1 Å². The Morgan fingerprint density at radius 3 is 2.64 bits per heavy atom. The van der Waals surface area contributed by atoms with Gasteiger partial charge in [-0.1, -0.05) is 18.2 Å². The van der Waals surface area contributed by atoms with Crippen molar-refractivity contribution in [2.24, 2.45) is 7.05 Å². The monoisotopic (exact) mass is 383 g/mol. The number of rotatable bonds is 6. The van der Waals surface area contributed by atoms with Crippen molar-refractivity contribution < 1.29 is 23.5 Å². The summed E-state index contributed by atoms with van der Waals surface area (Å²) in [5, 5.41) is 6.82. The van der Waals surface area contributed by atoms with E-state index >= 15 is 0 Å². The molecule has 0 aliphatic heterocycles. The van der Waals surface area contributed by atoms with Gasteiger partial charge >= 0.3 is 5.97 Å². The van der Waals surface area contributed by atoms with Crippen LogP contribution in [-0.2, 0) is 18.4 Å². The molecular formula is C20H21N3O5. The van der Waals surface area contributed by atoms with E-state index in [0.29, 0.717) is 11.5 Å². The molecule has 28 heavy (non-hydrogen) atoms. The lowest BCUT2D eigenvalue weighted by molar-refractivity contribution is 0.0589. The van der Waals surface area contributed by atoms with Gasteiger partial charge in [-0.3, -0.25) is 9.48 Å². The first-order valence-electron chi connectivity index (χ1n) is 8.61. The maximum atomic E-state index is 12.5. The summed E-state index contributed by atoms with van der Waals surface area (Å²) in [7, 11) is 2.87. The summed E-state index contributed by atoms with van der Waals surface area (Å²) in [6.45, 7) is 3.83. The van der Waals surface area contributed by atoms with Gasteiger partial charge in [0.25, 0.3) is 5.91 Å². The zero-order chi connectivity index (χ0) is 20.3. The predicted molar refractivity (Wildman–Crippen MR) is 101 cm³/mol. The van der Waals surface area contributed by atoms with Crippen LogP contribution in [-0.4, -0.2) is 28.8 Å². The first kappa shape index (κ1) is 19.2. The summed E-state index contributed by atoms with van der Waals surface area (Å²) < 4.78 is 17.4. The third kappa shape index (κ3) is 3.90. The smallest absolute Gasteiger partial charge is 0.358 e. The number of nitrogens with zero attached hydrogens (tertiary/aromatic N) is 2. The summed E-state index contributed by atoms with van der Waals surface area (Å²) in [6.07, 6.45) is 0. The van der Waals surface area contributed by atoms with Crippen molar-refractivity contribution in [1.82, 2.24) is 9.78 Å². The molecule has 0 unspecified atom stereocenters. The van der Waals surface area contributed by atoms with Gasteiger partial charge in [-0.15, -0.1) is 0 Å². The van der Waals surface area contributed by atoms with E-state index in [-0.39, 0.29) is 23.7 Å². The highest BCUT2D eigenvalue weighted by atomic mass is 16.5. The van der Waals surface area contributed by atoms with Crippen LogP contribution in [0, 0.1) is 13.8 Å². The number of amides is 1. The van der Waals surface area contributed by atoms with Crippen molar-refractivity contribution in [3.8, 4) is 5.75 Å². The van der Waals surface area contributed by atoms with Crippen LogP contribution >= 0.6 is 0 Å². The van der Waals surface area contributed by atoms with Gasteiger partial charge in [0.1, 0.15) is 18.1 Å². The largest absolute Gasteiger partial charge is 0.485 e. The SMILES string of the molecule is COC(=O)c1c(NC(=O)c2ccc(COc3ccccc3C)o2)c(C)nn1C. The zero-order valence-electron chi connectivity index (χ0n) is 16.1. The van der Waals surface area contributed by atoms with Crippen molar-refractivity contribution in [2.45, 2.75) is 20.5 Å². The van der Waals surface area contributed by atoms with Gasteiger partial charge in [0.05, 0.1) is 18.5 Å². The number of methoxy groups -OCH3 is 1. The summed E-state index contributed by atoms with van der Waals surface area (Å²) >= 11 is 0. The Morgan fingerprint density at radius 1 is 1.18 bits per heavy atom. The fourth-order valence-electron chi connectivity index (χ4n) is 2.76. The van der Waals surface area contributed by atoms with Crippen molar-refractivity contribution in [3.63, 3.8) is 0 Å². The Hall–Kier alpha value is -3.55. The van der Waals surface area contributed by atoms with E-state index in [4.69, 9.17) is 13.9 Å². The molecule has 2 aromatic heterocycles. The molecule has 8 heteroatoms. The molecule has 0 aliphatic rings.